The molecular formula is C13H19NO2. The van der Waals surface area contributed by atoms with Gasteiger partial charge in [-0.2, -0.15) is 0 Å². The second-order valence-corrected chi connectivity index (χ2v) is 4.61. The van der Waals surface area contributed by atoms with Gasteiger partial charge in [-0.1, -0.05) is 26.0 Å². The minimum absolute atomic E-state index is 0.0247. The molecule has 88 valence electrons. The third kappa shape index (κ3) is 2.30. The second kappa shape index (κ2) is 4.74. The minimum atomic E-state index is 0.0247. The molecule has 1 unspecified atom stereocenters. The Kier molecular flexibility index (Phi) is 3.34. The molecule has 0 aromatic heterocycles. The molecule has 2 N–H and O–H groups in total. The summed E-state index contributed by atoms with van der Waals surface area (Å²) in [5.41, 5.74) is 7.25. The first-order chi connectivity index (χ1) is 7.68. The van der Waals surface area contributed by atoms with Gasteiger partial charge in [0.2, 0.25) is 0 Å². The van der Waals surface area contributed by atoms with Gasteiger partial charge in [0.1, 0.15) is 13.2 Å². The molecule has 0 saturated carbocycles. The highest BCUT2D eigenvalue weighted by Crippen LogP contribution is 2.37. The highest BCUT2D eigenvalue weighted by molar-refractivity contribution is 5.48. The van der Waals surface area contributed by atoms with Crippen LogP contribution in [-0.4, -0.2) is 13.2 Å². The van der Waals surface area contributed by atoms with E-state index in [1.54, 1.807) is 0 Å². The van der Waals surface area contributed by atoms with Crippen molar-refractivity contribution in [1.82, 2.24) is 0 Å². The van der Waals surface area contributed by atoms with E-state index < -0.39 is 0 Å². The fourth-order valence-corrected chi connectivity index (χ4v) is 2.02. The van der Waals surface area contributed by atoms with E-state index in [1.807, 2.05) is 18.2 Å². The van der Waals surface area contributed by atoms with Crippen molar-refractivity contribution < 1.29 is 9.47 Å². The van der Waals surface area contributed by atoms with Gasteiger partial charge in [-0.05, 0) is 18.4 Å². The first-order valence-electron chi connectivity index (χ1n) is 5.82. The Labute approximate surface area is 96.5 Å². The average Bonchev–Trinajstić information content (AvgIpc) is 2.27. The van der Waals surface area contributed by atoms with Crippen LogP contribution < -0.4 is 15.2 Å². The van der Waals surface area contributed by atoms with Crippen LogP contribution in [0.2, 0.25) is 0 Å². The van der Waals surface area contributed by atoms with E-state index in [9.17, 15) is 0 Å². The fourth-order valence-electron chi connectivity index (χ4n) is 2.02. The van der Waals surface area contributed by atoms with Crippen LogP contribution in [0.4, 0.5) is 0 Å². The van der Waals surface area contributed by atoms with Gasteiger partial charge in [-0.25, -0.2) is 0 Å². The largest absolute Gasteiger partial charge is 0.486 e. The van der Waals surface area contributed by atoms with Crippen molar-refractivity contribution in [2.24, 2.45) is 11.7 Å². The van der Waals surface area contributed by atoms with Gasteiger partial charge in [-0.15, -0.1) is 0 Å². The lowest BCUT2D eigenvalue weighted by Gasteiger charge is -2.24. The van der Waals surface area contributed by atoms with Crippen molar-refractivity contribution in [1.29, 1.82) is 0 Å². The lowest BCUT2D eigenvalue weighted by Crippen LogP contribution is -2.20. The molecule has 0 fully saturated rings. The van der Waals surface area contributed by atoms with Crippen molar-refractivity contribution in [3.8, 4) is 11.5 Å². The number of nitrogens with two attached hydrogens (primary N) is 1. The van der Waals surface area contributed by atoms with E-state index in [0.717, 1.165) is 23.5 Å². The Hall–Kier alpha value is -1.22. The monoisotopic (exact) mass is 221 g/mol. The van der Waals surface area contributed by atoms with Gasteiger partial charge >= 0.3 is 0 Å². The van der Waals surface area contributed by atoms with Gasteiger partial charge in [0.15, 0.2) is 11.5 Å². The summed E-state index contributed by atoms with van der Waals surface area (Å²) in [6.45, 7) is 5.58. The number of para-hydroxylation sites is 1. The smallest absolute Gasteiger partial charge is 0.166 e. The molecule has 16 heavy (non-hydrogen) atoms. The summed E-state index contributed by atoms with van der Waals surface area (Å²) in [6, 6.07) is 5.96. The topological polar surface area (TPSA) is 44.5 Å². The number of fused-ring (bicyclic) bond motifs is 1. The standard InChI is InChI=1S/C13H19NO2/c1-9(2)8-11(14)10-4-3-5-12-13(10)16-7-6-15-12/h3-5,9,11H,6-8,14H2,1-2H3. The molecule has 3 heteroatoms. The quantitative estimate of drug-likeness (QED) is 0.853. The zero-order chi connectivity index (χ0) is 11.5. The molecule has 2 rings (SSSR count). The molecule has 1 aromatic rings. The van der Waals surface area contributed by atoms with Gasteiger partial charge < -0.3 is 15.2 Å². The molecule has 1 heterocycles. The summed E-state index contributed by atoms with van der Waals surface area (Å²) in [5.74, 6) is 2.24. The van der Waals surface area contributed by atoms with Crippen molar-refractivity contribution in [2.45, 2.75) is 26.3 Å². The van der Waals surface area contributed by atoms with Crippen LogP contribution >= 0.6 is 0 Å². The van der Waals surface area contributed by atoms with Crippen LogP contribution in [0.1, 0.15) is 31.9 Å². The van der Waals surface area contributed by atoms with Crippen molar-refractivity contribution >= 4 is 0 Å². The Balaban J connectivity index is 2.26. The summed E-state index contributed by atoms with van der Waals surface area (Å²) in [5, 5.41) is 0. The normalized spacial score (nSPS) is 16.2. The number of rotatable bonds is 3. The van der Waals surface area contributed by atoms with Crippen LogP contribution in [0.3, 0.4) is 0 Å². The zero-order valence-electron chi connectivity index (χ0n) is 9.90. The molecular weight excluding hydrogens is 202 g/mol. The third-order valence-corrected chi connectivity index (χ3v) is 2.72. The molecule has 1 aliphatic rings. The van der Waals surface area contributed by atoms with Gasteiger partial charge in [0.05, 0.1) is 0 Å². The molecule has 0 aliphatic carbocycles. The summed E-state index contributed by atoms with van der Waals surface area (Å²) in [6.07, 6.45) is 0.958. The van der Waals surface area contributed by atoms with Gasteiger partial charge in [0, 0.05) is 11.6 Å². The number of hydrogen-bond donors (Lipinski definition) is 1. The van der Waals surface area contributed by atoms with Gasteiger partial charge in [0.25, 0.3) is 0 Å². The van der Waals surface area contributed by atoms with Gasteiger partial charge in [-0.3, -0.25) is 0 Å². The predicted octanol–water partition coefficient (Wildman–Crippen LogP) is 2.50. The van der Waals surface area contributed by atoms with Crippen molar-refractivity contribution in [3.63, 3.8) is 0 Å². The number of benzene rings is 1. The Morgan fingerprint density at radius 2 is 2.00 bits per heavy atom. The molecule has 3 nitrogen and oxygen atoms in total. The maximum absolute atomic E-state index is 6.18. The number of hydrogen-bond acceptors (Lipinski definition) is 3. The fraction of sp³-hybridized carbons (Fsp3) is 0.538. The van der Waals surface area contributed by atoms with Crippen LogP contribution in [0.15, 0.2) is 18.2 Å². The maximum atomic E-state index is 6.18. The first-order valence-corrected chi connectivity index (χ1v) is 5.82. The highest BCUT2D eigenvalue weighted by atomic mass is 16.6. The van der Waals surface area contributed by atoms with E-state index in [2.05, 4.69) is 13.8 Å². The zero-order valence-corrected chi connectivity index (χ0v) is 9.90. The Morgan fingerprint density at radius 1 is 1.25 bits per heavy atom. The average molecular weight is 221 g/mol. The SMILES string of the molecule is CC(C)CC(N)c1cccc2c1OCCO2. The molecule has 0 saturated heterocycles. The van der Waals surface area contributed by atoms with E-state index in [0.29, 0.717) is 19.1 Å². The van der Waals surface area contributed by atoms with Crippen molar-refractivity contribution in [3.05, 3.63) is 23.8 Å². The molecule has 0 bridgehead atoms. The summed E-state index contributed by atoms with van der Waals surface area (Å²) < 4.78 is 11.2. The lowest BCUT2D eigenvalue weighted by molar-refractivity contribution is 0.169. The summed E-state index contributed by atoms with van der Waals surface area (Å²) in [4.78, 5) is 0. The maximum Gasteiger partial charge on any atom is 0.166 e. The summed E-state index contributed by atoms with van der Waals surface area (Å²) in [7, 11) is 0. The molecule has 0 amide bonds. The molecule has 1 aromatic carbocycles. The summed E-state index contributed by atoms with van der Waals surface area (Å²) >= 11 is 0. The van der Waals surface area contributed by atoms with Crippen LogP contribution in [0.25, 0.3) is 0 Å². The molecule has 0 radical (unpaired) electrons. The van der Waals surface area contributed by atoms with E-state index in [-0.39, 0.29) is 6.04 Å². The molecule has 1 aliphatic heterocycles. The van der Waals surface area contributed by atoms with E-state index >= 15 is 0 Å². The Bertz CT molecular complexity index is 363. The van der Waals surface area contributed by atoms with Crippen LogP contribution in [0, 0.1) is 5.92 Å². The second-order valence-electron chi connectivity index (χ2n) is 4.61. The van der Waals surface area contributed by atoms with E-state index in [1.165, 1.54) is 0 Å². The first kappa shape index (κ1) is 11.3. The highest BCUT2D eigenvalue weighted by Gasteiger charge is 2.20. The predicted molar refractivity (Wildman–Crippen MR) is 63.8 cm³/mol. The lowest BCUT2D eigenvalue weighted by atomic mass is 9.97. The number of ether oxygens (including phenoxy) is 2. The molecule has 1 atom stereocenters. The van der Waals surface area contributed by atoms with Crippen LogP contribution in [0.5, 0.6) is 11.5 Å². The van der Waals surface area contributed by atoms with E-state index in [4.69, 9.17) is 15.2 Å². The Morgan fingerprint density at radius 3 is 2.75 bits per heavy atom. The molecule has 0 spiro atoms. The van der Waals surface area contributed by atoms with Crippen molar-refractivity contribution in [2.75, 3.05) is 13.2 Å². The minimum Gasteiger partial charge on any atom is -0.486 e. The van der Waals surface area contributed by atoms with Crippen LogP contribution in [-0.2, 0) is 0 Å². The third-order valence-electron chi connectivity index (χ3n) is 2.72.